The van der Waals surface area contributed by atoms with E-state index >= 15 is 0 Å². The molecule has 0 fully saturated rings. The number of aromatic amines is 1. The summed E-state index contributed by atoms with van der Waals surface area (Å²) in [5.41, 5.74) is 1.03. The number of nitro benzene ring substituents is 1. The highest BCUT2D eigenvalue weighted by Gasteiger charge is 2.10. The molecular formula is C16H14N4O3S. The first-order valence-electron chi connectivity index (χ1n) is 7.16. The summed E-state index contributed by atoms with van der Waals surface area (Å²) in [7, 11) is 0. The summed E-state index contributed by atoms with van der Waals surface area (Å²) in [6.07, 6.45) is 2.87. The Hall–Kier alpha value is -2.92. The number of nitro groups is 1. The number of aromatic nitrogens is 2. The molecule has 0 amide bonds. The minimum absolute atomic E-state index is 0.0310. The Morgan fingerprint density at radius 2 is 2.17 bits per heavy atom. The smallest absolute Gasteiger partial charge is 0.269 e. The van der Waals surface area contributed by atoms with Gasteiger partial charge in [0.25, 0.3) is 11.2 Å². The summed E-state index contributed by atoms with van der Waals surface area (Å²) in [4.78, 5) is 29.5. The molecule has 0 atom stereocenters. The van der Waals surface area contributed by atoms with Crippen molar-refractivity contribution in [3.05, 3.63) is 68.1 Å². The topological polar surface area (TPSA) is 113 Å². The minimum atomic E-state index is -0.488. The third kappa shape index (κ3) is 4.54. The maximum absolute atomic E-state index is 11.7. The molecule has 2 aromatic rings. The molecule has 0 aliphatic carbocycles. The van der Waals surface area contributed by atoms with E-state index in [0.717, 1.165) is 18.2 Å². The molecule has 0 spiro atoms. The van der Waals surface area contributed by atoms with Crippen molar-refractivity contribution in [3.63, 3.8) is 0 Å². The van der Waals surface area contributed by atoms with Gasteiger partial charge < -0.3 is 4.98 Å². The first-order valence-corrected chi connectivity index (χ1v) is 7.98. The van der Waals surface area contributed by atoms with Gasteiger partial charge in [-0.15, -0.1) is 0 Å². The average Bonchev–Trinajstić information content (AvgIpc) is 2.54. The van der Waals surface area contributed by atoms with E-state index in [4.69, 9.17) is 5.26 Å². The Labute approximate surface area is 142 Å². The number of hydrogen-bond donors (Lipinski definition) is 1. The second-order valence-corrected chi connectivity index (χ2v) is 5.87. The van der Waals surface area contributed by atoms with Crippen molar-refractivity contribution in [3.8, 4) is 6.07 Å². The number of H-pyrrole nitrogens is 1. The summed E-state index contributed by atoms with van der Waals surface area (Å²) in [5, 5.41) is 20.1. The second-order valence-electron chi connectivity index (χ2n) is 4.84. The van der Waals surface area contributed by atoms with E-state index in [9.17, 15) is 14.9 Å². The lowest BCUT2D eigenvalue weighted by Crippen LogP contribution is -2.09. The fraction of sp³-hybridized carbons (Fsp3) is 0.188. The van der Waals surface area contributed by atoms with E-state index in [-0.39, 0.29) is 11.2 Å². The van der Waals surface area contributed by atoms with E-state index in [2.05, 4.69) is 9.97 Å². The lowest BCUT2D eigenvalue weighted by atomic mass is 10.2. The Morgan fingerprint density at radius 3 is 2.75 bits per heavy atom. The molecule has 1 heterocycles. The molecule has 2 rings (SSSR count). The zero-order valence-corrected chi connectivity index (χ0v) is 13.7. The van der Waals surface area contributed by atoms with E-state index < -0.39 is 4.92 Å². The predicted octanol–water partition coefficient (Wildman–Crippen LogP) is 3.29. The molecule has 7 nitrogen and oxygen atoms in total. The van der Waals surface area contributed by atoms with Gasteiger partial charge in [0.05, 0.1) is 11.0 Å². The number of thioether (sulfide) groups is 1. The second kappa shape index (κ2) is 8.08. The Morgan fingerprint density at radius 1 is 1.46 bits per heavy atom. The summed E-state index contributed by atoms with van der Waals surface area (Å²) in [6, 6.07) is 9.24. The quantitative estimate of drug-likeness (QED) is 0.283. The highest BCUT2D eigenvalue weighted by molar-refractivity contribution is 8.08. The highest BCUT2D eigenvalue weighted by Crippen LogP contribution is 2.32. The zero-order valence-electron chi connectivity index (χ0n) is 12.9. The number of nitrogens with zero attached hydrogens (tertiary/aromatic N) is 3. The van der Waals surface area contributed by atoms with Crippen LogP contribution in [0.4, 0.5) is 5.69 Å². The van der Waals surface area contributed by atoms with Crippen LogP contribution in [0.5, 0.6) is 0 Å². The van der Waals surface area contributed by atoms with Gasteiger partial charge in [-0.1, -0.05) is 25.1 Å². The van der Waals surface area contributed by atoms with Crippen LogP contribution in [0, 0.1) is 21.4 Å². The molecule has 1 aromatic carbocycles. The van der Waals surface area contributed by atoms with Gasteiger partial charge in [0.1, 0.15) is 0 Å². The monoisotopic (exact) mass is 342 g/mol. The summed E-state index contributed by atoms with van der Waals surface area (Å²) in [5.74, 6) is 0. The summed E-state index contributed by atoms with van der Waals surface area (Å²) >= 11 is 1.14. The van der Waals surface area contributed by atoms with E-state index in [1.54, 1.807) is 12.1 Å². The lowest BCUT2D eigenvalue weighted by Gasteiger charge is -2.07. The van der Waals surface area contributed by atoms with Crippen LogP contribution in [0.15, 0.2) is 46.4 Å². The van der Waals surface area contributed by atoms with Gasteiger partial charge in [-0.2, -0.15) is 5.26 Å². The number of rotatable bonds is 6. The van der Waals surface area contributed by atoms with Crippen molar-refractivity contribution < 1.29 is 4.92 Å². The Bertz CT molecular complexity index is 866. The maximum Gasteiger partial charge on any atom is 0.269 e. The first-order chi connectivity index (χ1) is 11.5. The summed E-state index contributed by atoms with van der Waals surface area (Å²) < 4.78 is 0. The molecule has 0 saturated heterocycles. The van der Waals surface area contributed by atoms with Crippen LogP contribution in [-0.2, 0) is 6.42 Å². The van der Waals surface area contributed by atoms with Crippen LogP contribution in [0.3, 0.4) is 0 Å². The number of aryl methyl sites for hydroxylation is 1. The molecule has 0 unspecified atom stereocenters. The Kier molecular flexibility index (Phi) is 5.87. The van der Waals surface area contributed by atoms with Crippen LogP contribution in [-0.4, -0.2) is 14.9 Å². The van der Waals surface area contributed by atoms with Gasteiger partial charge in [0.15, 0.2) is 5.16 Å². The fourth-order valence-corrected chi connectivity index (χ4v) is 2.89. The molecule has 0 aliphatic rings. The largest absolute Gasteiger partial charge is 0.301 e. The van der Waals surface area contributed by atoms with Gasteiger partial charge in [-0.05, 0) is 24.1 Å². The molecule has 24 heavy (non-hydrogen) atoms. The number of non-ortho nitro benzene ring substituents is 1. The number of nitriles is 1. The van der Waals surface area contributed by atoms with Crippen LogP contribution < -0.4 is 5.56 Å². The van der Waals surface area contributed by atoms with Crippen LogP contribution >= 0.6 is 11.8 Å². The van der Waals surface area contributed by atoms with Gasteiger partial charge in [-0.3, -0.25) is 14.9 Å². The van der Waals surface area contributed by atoms with Crippen LogP contribution in [0.1, 0.15) is 24.6 Å². The number of hydrogen-bond acceptors (Lipinski definition) is 6. The number of allylic oxidation sites excluding steroid dienone is 1. The molecule has 0 radical (unpaired) electrons. The number of benzene rings is 1. The molecule has 0 aliphatic heterocycles. The van der Waals surface area contributed by atoms with Crippen molar-refractivity contribution >= 4 is 22.4 Å². The van der Waals surface area contributed by atoms with Gasteiger partial charge in [0, 0.05) is 34.9 Å². The third-order valence-electron chi connectivity index (χ3n) is 3.04. The van der Waals surface area contributed by atoms with Gasteiger partial charge in [0.2, 0.25) is 0 Å². The van der Waals surface area contributed by atoms with Crippen molar-refractivity contribution in [2.24, 2.45) is 0 Å². The summed E-state index contributed by atoms with van der Waals surface area (Å²) in [6.45, 7) is 1.99. The highest BCUT2D eigenvalue weighted by atomic mass is 32.2. The van der Waals surface area contributed by atoms with Crippen molar-refractivity contribution in [1.29, 1.82) is 5.26 Å². The third-order valence-corrected chi connectivity index (χ3v) is 4.00. The minimum Gasteiger partial charge on any atom is -0.301 e. The molecule has 1 aromatic heterocycles. The molecule has 0 bridgehead atoms. The zero-order chi connectivity index (χ0) is 17.5. The fourth-order valence-electron chi connectivity index (χ4n) is 2.00. The van der Waals surface area contributed by atoms with E-state index in [1.165, 1.54) is 24.3 Å². The molecule has 8 heteroatoms. The standard InChI is InChI=1S/C16H14N4O3S/c1-2-3-12-10-15(21)19-16(18-12)24-14(8-9-17)11-4-6-13(7-5-11)20(22)23/h4-8,10H,2-3H2,1H3,(H,18,19,21)/b14-8-. The normalized spacial score (nSPS) is 11.1. The maximum atomic E-state index is 11.7. The van der Waals surface area contributed by atoms with Crippen molar-refractivity contribution in [2.75, 3.05) is 0 Å². The van der Waals surface area contributed by atoms with Crippen molar-refractivity contribution in [2.45, 2.75) is 24.9 Å². The molecule has 1 N–H and O–H groups in total. The molecule has 122 valence electrons. The van der Waals surface area contributed by atoms with Crippen LogP contribution in [0.25, 0.3) is 4.91 Å². The van der Waals surface area contributed by atoms with Crippen molar-refractivity contribution in [1.82, 2.24) is 9.97 Å². The molecular weight excluding hydrogens is 328 g/mol. The van der Waals surface area contributed by atoms with Gasteiger partial charge in [-0.25, -0.2) is 4.98 Å². The SMILES string of the molecule is CCCc1cc(=O)[nH]c(S/C(=C\C#N)c2ccc([N+](=O)[O-])cc2)n1. The van der Waals surface area contributed by atoms with E-state index in [0.29, 0.717) is 27.7 Å². The predicted molar refractivity (Wildman–Crippen MR) is 91.4 cm³/mol. The first kappa shape index (κ1) is 17.4. The Balaban J connectivity index is 2.33. The van der Waals surface area contributed by atoms with E-state index in [1.807, 2.05) is 13.0 Å². The van der Waals surface area contributed by atoms with Crippen LogP contribution in [0.2, 0.25) is 0 Å². The average molecular weight is 342 g/mol. The molecule has 0 saturated carbocycles. The number of nitrogens with one attached hydrogen (secondary N) is 1. The lowest BCUT2D eigenvalue weighted by molar-refractivity contribution is -0.384. The van der Waals surface area contributed by atoms with Gasteiger partial charge >= 0.3 is 0 Å².